The first kappa shape index (κ1) is 16.3. The molecule has 4 rings (SSSR count). The van der Waals surface area contributed by atoms with Gasteiger partial charge in [0.1, 0.15) is 5.37 Å². The molecule has 2 atom stereocenters. The molecule has 1 aromatic heterocycles. The van der Waals surface area contributed by atoms with E-state index in [0.717, 1.165) is 20.8 Å². The van der Waals surface area contributed by atoms with Crippen LogP contribution in [0.25, 0.3) is 10.2 Å². The summed E-state index contributed by atoms with van der Waals surface area (Å²) in [5, 5.41) is 3.96. The van der Waals surface area contributed by atoms with E-state index in [4.69, 9.17) is 23.2 Å². The molecule has 1 N–H and O–H groups in total. The summed E-state index contributed by atoms with van der Waals surface area (Å²) >= 11 is 13.5. The first-order valence-corrected chi connectivity index (χ1v) is 10.3. The maximum absolute atomic E-state index is 12.8. The SMILES string of the molecule is Cc1nc2cc(C3NC3S(=O)(=O)c3cc(Cl)cc(Cl)c3)ccc2s1. The summed E-state index contributed by atoms with van der Waals surface area (Å²) in [5.41, 5.74) is 1.81. The summed E-state index contributed by atoms with van der Waals surface area (Å²) in [6.07, 6.45) is 0. The summed E-state index contributed by atoms with van der Waals surface area (Å²) in [7, 11) is -3.55. The Morgan fingerprint density at radius 3 is 2.54 bits per heavy atom. The van der Waals surface area contributed by atoms with E-state index in [1.165, 1.54) is 18.2 Å². The van der Waals surface area contributed by atoms with Gasteiger partial charge in [-0.2, -0.15) is 0 Å². The molecule has 2 heterocycles. The van der Waals surface area contributed by atoms with E-state index in [-0.39, 0.29) is 10.9 Å². The highest BCUT2D eigenvalue weighted by molar-refractivity contribution is 7.92. The summed E-state index contributed by atoms with van der Waals surface area (Å²) in [6, 6.07) is 9.97. The van der Waals surface area contributed by atoms with Crippen molar-refractivity contribution in [2.45, 2.75) is 23.2 Å². The fraction of sp³-hybridized carbons (Fsp3) is 0.188. The average molecular weight is 399 g/mol. The van der Waals surface area contributed by atoms with Crippen molar-refractivity contribution < 1.29 is 8.42 Å². The lowest BCUT2D eigenvalue weighted by Gasteiger charge is -2.04. The standard InChI is InChI=1S/C16H12Cl2N2O2S2/c1-8-19-13-4-9(2-3-14(13)23-8)15-16(20-15)24(21,22)12-6-10(17)5-11(18)7-12/h2-7,15-16,20H,1H3. The molecule has 0 spiro atoms. The van der Waals surface area contributed by atoms with Gasteiger partial charge >= 0.3 is 0 Å². The molecule has 0 bridgehead atoms. The lowest BCUT2D eigenvalue weighted by molar-refractivity contribution is 0.593. The molecular formula is C16H12Cl2N2O2S2. The molecule has 1 fully saturated rings. The first-order chi connectivity index (χ1) is 11.3. The predicted molar refractivity (Wildman–Crippen MR) is 97.7 cm³/mol. The van der Waals surface area contributed by atoms with Gasteiger partial charge in [-0.05, 0) is 42.8 Å². The smallest absolute Gasteiger partial charge is 0.196 e. The second kappa shape index (κ2) is 5.68. The molecular weight excluding hydrogens is 387 g/mol. The summed E-state index contributed by atoms with van der Waals surface area (Å²) in [5.74, 6) is 0. The molecule has 0 radical (unpaired) electrons. The normalized spacial score (nSPS) is 20.5. The largest absolute Gasteiger partial charge is 0.290 e. The van der Waals surface area contributed by atoms with Crippen molar-refractivity contribution in [1.29, 1.82) is 0 Å². The minimum Gasteiger partial charge on any atom is -0.290 e. The van der Waals surface area contributed by atoms with E-state index < -0.39 is 15.2 Å². The monoisotopic (exact) mass is 398 g/mol. The number of aryl methyl sites for hydroxylation is 1. The van der Waals surface area contributed by atoms with Gasteiger partial charge in [0, 0.05) is 10.0 Å². The molecule has 0 aliphatic carbocycles. The maximum atomic E-state index is 12.8. The van der Waals surface area contributed by atoms with E-state index in [2.05, 4.69) is 10.3 Å². The number of nitrogens with zero attached hydrogens (tertiary/aromatic N) is 1. The fourth-order valence-electron chi connectivity index (χ4n) is 2.75. The Morgan fingerprint density at radius 1 is 1.12 bits per heavy atom. The molecule has 2 aromatic carbocycles. The summed E-state index contributed by atoms with van der Waals surface area (Å²) in [6.45, 7) is 1.95. The van der Waals surface area contributed by atoms with Crippen LogP contribution in [0.5, 0.6) is 0 Å². The van der Waals surface area contributed by atoms with Crippen molar-refractivity contribution in [2.24, 2.45) is 0 Å². The second-order valence-corrected chi connectivity index (χ2v) is 9.85. The number of fused-ring (bicyclic) bond motifs is 1. The zero-order chi connectivity index (χ0) is 17.1. The number of benzene rings is 2. The highest BCUT2D eigenvalue weighted by Crippen LogP contribution is 2.39. The van der Waals surface area contributed by atoms with Crippen molar-refractivity contribution in [2.75, 3.05) is 0 Å². The molecule has 8 heteroatoms. The van der Waals surface area contributed by atoms with Crippen molar-refractivity contribution >= 4 is 54.6 Å². The Kier molecular flexibility index (Phi) is 3.85. The highest BCUT2D eigenvalue weighted by Gasteiger charge is 2.48. The van der Waals surface area contributed by atoms with Gasteiger partial charge < -0.3 is 0 Å². The van der Waals surface area contributed by atoms with E-state index >= 15 is 0 Å². The van der Waals surface area contributed by atoms with Crippen LogP contribution in [0.1, 0.15) is 16.6 Å². The molecule has 124 valence electrons. The number of thiazole rings is 1. The van der Waals surface area contributed by atoms with Crippen LogP contribution >= 0.6 is 34.5 Å². The van der Waals surface area contributed by atoms with Crippen molar-refractivity contribution in [3.63, 3.8) is 0 Å². The van der Waals surface area contributed by atoms with Gasteiger partial charge in [0.25, 0.3) is 0 Å². The topological polar surface area (TPSA) is 69.0 Å². The Morgan fingerprint density at radius 2 is 1.83 bits per heavy atom. The number of halogens is 2. The molecule has 0 amide bonds. The second-order valence-electron chi connectivity index (χ2n) is 5.68. The van der Waals surface area contributed by atoms with E-state index in [1.54, 1.807) is 11.3 Å². The van der Waals surface area contributed by atoms with Crippen molar-refractivity contribution in [3.05, 3.63) is 57.0 Å². The van der Waals surface area contributed by atoms with Crippen LogP contribution < -0.4 is 5.32 Å². The Bertz CT molecular complexity index is 1040. The molecule has 2 unspecified atom stereocenters. The Labute approximate surface area is 153 Å². The van der Waals surface area contributed by atoms with E-state index in [0.29, 0.717) is 10.0 Å². The van der Waals surface area contributed by atoms with Gasteiger partial charge in [-0.1, -0.05) is 29.3 Å². The average Bonchev–Trinajstić information content (AvgIpc) is 3.22. The number of rotatable bonds is 3. The lowest BCUT2D eigenvalue weighted by atomic mass is 10.1. The van der Waals surface area contributed by atoms with Crippen LogP contribution in [0, 0.1) is 6.92 Å². The number of sulfone groups is 1. The zero-order valence-electron chi connectivity index (χ0n) is 12.5. The van der Waals surface area contributed by atoms with Gasteiger partial charge in [-0.15, -0.1) is 11.3 Å². The van der Waals surface area contributed by atoms with Gasteiger partial charge in [0.15, 0.2) is 9.84 Å². The van der Waals surface area contributed by atoms with Gasteiger partial charge in [-0.25, -0.2) is 13.4 Å². The number of hydrogen-bond acceptors (Lipinski definition) is 5. The third kappa shape index (κ3) is 2.82. The van der Waals surface area contributed by atoms with Crippen molar-refractivity contribution in [1.82, 2.24) is 10.3 Å². The highest BCUT2D eigenvalue weighted by atomic mass is 35.5. The van der Waals surface area contributed by atoms with Gasteiger partial charge in [0.05, 0.1) is 26.2 Å². The van der Waals surface area contributed by atoms with Crippen LogP contribution in [0.15, 0.2) is 41.3 Å². The summed E-state index contributed by atoms with van der Waals surface area (Å²) < 4.78 is 26.6. The maximum Gasteiger partial charge on any atom is 0.196 e. The minimum absolute atomic E-state index is 0.130. The molecule has 24 heavy (non-hydrogen) atoms. The Hall–Kier alpha value is -1.18. The van der Waals surface area contributed by atoms with Gasteiger partial charge in [-0.3, -0.25) is 5.32 Å². The minimum atomic E-state index is -3.55. The van der Waals surface area contributed by atoms with Gasteiger partial charge in [0.2, 0.25) is 0 Å². The number of aromatic nitrogens is 1. The molecule has 0 saturated carbocycles. The fourth-order valence-corrected chi connectivity index (χ4v) is 5.93. The van der Waals surface area contributed by atoms with Crippen LogP contribution in [0.3, 0.4) is 0 Å². The Balaban J connectivity index is 1.66. The first-order valence-electron chi connectivity index (χ1n) is 7.18. The molecule has 4 nitrogen and oxygen atoms in total. The van der Waals surface area contributed by atoms with Crippen LogP contribution in [0.2, 0.25) is 10.0 Å². The lowest BCUT2D eigenvalue weighted by Crippen LogP contribution is -2.11. The molecule has 1 aliphatic rings. The number of nitrogens with one attached hydrogen (secondary N) is 1. The summed E-state index contributed by atoms with van der Waals surface area (Å²) in [4.78, 5) is 4.59. The molecule has 1 saturated heterocycles. The van der Waals surface area contributed by atoms with E-state index in [9.17, 15) is 8.42 Å². The van der Waals surface area contributed by atoms with Crippen LogP contribution in [-0.4, -0.2) is 18.8 Å². The predicted octanol–water partition coefficient (Wildman–Crippen LogP) is 4.36. The third-order valence-electron chi connectivity index (χ3n) is 3.91. The van der Waals surface area contributed by atoms with E-state index in [1.807, 2.05) is 25.1 Å². The van der Waals surface area contributed by atoms with Crippen molar-refractivity contribution in [3.8, 4) is 0 Å². The number of hydrogen-bond donors (Lipinski definition) is 1. The molecule has 3 aromatic rings. The quantitative estimate of drug-likeness (QED) is 0.665. The molecule has 1 aliphatic heterocycles. The van der Waals surface area contributed by atoms with Crippen LogP contribution in [0.4, 0.5) is 0 Å². The third-order valence-corrected chi connectivity index (χ3v) is 7.27. The zero-order valence-corrected chi connectivity index (χ0v) is 15.6. The van der Waals surface area contributed by atoms with Crippen LogP contribution in [-0.2, 0) is 9.84 Å².